The van der Waals surface area contributed by atoms with Crippen LogP contribution in [0.15, 0.2) is 24.3 Å². The van der Waals surface area contributed by atoms with Crippen LogP contribution in [0.4, 0.5) is 4.79 Å². The van der Waals surface area contributed by atoms with E-state index >= 15 is 0 Å². The molecule has 1 unspecified atom stereocenters. The molecule has 1 amide bonds. The number of benzene rings is 1. The summed E-state index contributed by atoms with van der Waals surface area (Å²) in [6, 6.07) is 7.50. The third-order valence-corrected chi connectivity index (χ3v) is 2.69. The van der Waals surface area contributed by atoms with E-state index in [1.54, 1.807) is 12.0 Å². The summed E-state index contributed by atoms with van der Waals surface area (Å²) in [5.74, 6) is 0.783. The van der Waals surface area contributed by atoms with E-state index in [4.69, 9.17) is 14.6 Å². The number of ether oxygens (including phenoxy) is 2. The van der Waals surface area contributed by atoms with E-state index in [1.807, 2.05) is 24.3 Å². The van der Waals surface area contributed by atoms with Crippen molar-refractivity contribution in [3.63, 3.8) is 0 Å². The summed E-state index contributed by atoms with van der Waals surface area (Å²) in [5, 5.41) is 8.92. The number of rotatable bonds is 4. The van der Waals surface area contributed by atoms with Gasteiger partial charge in [-0.05, 0) is 17.7 Å². The van der Waals surface area contributed by atoms with E-state index in [0.717, 1.165) is 11.3 Å². The summed E-state index contributed by atoms with van der Waals surface area (Å²) in [4.78, 5) is 13.0. The number of hydrogen-bond donors (Lipinski definition) is 1. The van der Waals surface area contributed by atoms with Crippen molar-refractivity contribution >= 4 is 6.09 Å². The Labute approximate surface area is 99.6 Å². The van der Waals surface area contributed by atoms with Gasteiger partial charge in [0.25, 0.3) is 0 Å². The number of amides is 1. The molecule has 1 aromatic carbocycles. The lowest BCUT2D eigenvalue weighted by Crippen LogP contribution is -2.25. The van der Waals surface area contributed by atoms with Gasteiger partial charge in [-0.3, -0.25) is 0 Å². The molecule has 0 spiro atoms. The van der Waals surface area contributed by atoms with Crippen molar-refractivity contribution in [2.45, 2.75) is 12.6 Å². The third kappa shape index (κ3) is 2.68. The highest BCUT2D eigenvalue weighted by Crippen LogP contribution is 2.17. The summed E-state index contributed by atoms with van der Waals surface area (Å²) < 4.78 is 10.0. The molecule has 0 aliphatic carbocycles. The number of nitrogens with zero attached hydrogens (tertiary/aromatic N) is 1. The zero-order valence-electron chi connectivity index (χ0n) is 9.63. The van der Waals surface area contributed by atoms with Crippen LogP contribution >= 0.6 is 0 Å². The lowest BCUT2D eigenvalue weighted by atomic mass is 10.2. The molecule has 1 aromatic rings. The molecule has 1 heterocycles. The van der Waals surface area contributed by atoms with Crippen molar-refractivity contribution in [2.75, 3.05) is 20.3 Å². The minimum atomic E-state index is -0.402. The predicted molar refractivity (Wildman–Crippen MR) is 60.8 cm³/mol. The van der Waals surface area contributed by atoms with E-state index in [2.05, 4.69) is 0 Å². The second-order valence-electron chi connectivity index (χ2n) is 3.92. The molecule has 1 N–H and O–H groups in total. The smallest absolute Gasteiger partial charge is 0.410 e. The monoisotopic (exact) mass is 237 g/mol. The fraction of sp³-hybridized carbons (Fsp3) is 0.417. The molecule has 17 heavy (non-hydrogen) atoms. The summed E-state index contributed by atoms with van der Waals surface area (Å²) in [5.41, 5.74) is 1.00. The highest BCUT2D eigenvalue weighted by molar-refractivity contribution is 5.69. The average Bonchev–Trinajstić information content (AvgIpc) is 2.71. The Balaban J connectivity index is 1.98. The van der Waals surface area contributed by atoms with Gasteiger partial charge in [-0.1, -0.05) is 12.1 Å². The molecule has 1 saturated heterocycles. The Bertz CT molecular complexity index is 390. The zero-order valence-corrected chi connectivity index (χ0v) is 9.63. The first-order valence-corrected chi connectivity index (χ1v) is 5.42. The van der Waals surface area contributed by atoms with Crippen LogP contribution < -0.4 is 4.74 Å². The van der Waals surface area contributed by atoms with E-state index in [-0.39, 0.29) is 12.7 Å². The number of methoxy groups -OCH3 is 1. The van der Waals surface area contributed by atoms with Crippen molar-refractivity contribution in [3.8, 4) is 5.75 Å². The third-order valence-electron chi connectivity index (χ3n) is 2.69. The standard InChI is InChI=1S/C12H15NO4/c1-16-10-4-2-9(3-5-10)6-13-7-11(8-14)17-12(13)15/h2-5,11,14H,6-8H2,1H3. The van der Waals surface area contributed by atoms with Crippen LogP contribution in [0.25, 0.3) is 0 Å². The topological polar surface area (TPSA) is 59.0 Å². The minimum Gasteiger partial charge on any atom is -0.497 e. The molecule has 0 radical (unpaired) electrons. The van der Waals surface area contributed by atoms with Crippen molar-refractivity contribution in [3.05, 3.63) is 29.8 Å². The molecular formula is C12H15NO4. The number of cyclic esters (lactones) is 1. The maximum Gasteiger partial charge on any atom is 0.410 e. The van der Waals surface area contributed by atoms with Crippen LogP contribution in [0, 0.1) is 0 Å². The normalized spacial score (nSPS) is 19.3. The number of carbonyl (C=O) groups is 1. The molecule has 92 valence electrons. The van der Waals surface area contributed by atoms with Crippen LogP contribution in [0.5, 0.6) is 5.75 Å². The summed E-state index contributed by atoms with van der Waals surface area (Å²) in [7, 11) is 1.61. The number of carbonyl (C=O) groups excluding carboxylic acids is 1. The van der Waals surface area contributed by atoms with Crippen LogP contribution in [-0.2, 0) is 11.3 Å². The lowest BCUT2D eigenvalue weighted by Gasteiger charge is -2.12. The van der Waals surface area contributed by atoms with Gasteiger partial charge in [0.2, 0.25) is 0 Å². The molecule has 0 aromatic heterocycles. The molecule has 0 saturated carbocycles. The maximum absolute atomic E-state index is 11.4. The molecule has 1 aliphatic rings. The van der Waals surface area contributed by atoms with Gasteiger partial charge in [-0.2, -0.15) is 0 Å². The van der Waals surface area contributed by atoms with Gasteiger partial charge < -0.3 is 19.5 Å². The quantitative estimate of drug-likeness (QED) is 0.849. The van der Waals surface area contributed by atoms with Gasteiger partial charge in [-0.15, -0.1) is 0 Å². The number of hydrogen-bond acceptors (Lipinski definition) is 4. The van der Waals surface area contributed by atoms with Gasteiger partial charge >= 0.3 is 6.09 Å². The SMILES string of the molecule is COc1ccc(CN2CC(CO)OC2=O)cc1. The van der Waals surface area contributed by atoms with E-state index in [9.17, 15) is 4.79 Å². The largest absolute Gasteiger partial charge is 0.497 e. The summed E-state index contributed by atoms with van der Waals surface area (Å²) >= 11 is 0. The van der Waals surface area contributed by atoms with Gasteiger partial charge in [0.1, 0.15) is 11.9 Å². The Kier molecular flexibility index (Phi) is 3.49. The van der Waals surface area contributed by atoms with Crippen LogP contribution in [0.3, 0.4) is 0 Å². The highest BCUT2D eigenvalue weighted by Gasteiger charge is 2.30. The molecule has 1 fully saturated rings. The van der Waals surface area contributed by atoms with Crippen molar-refractivity contribution in [1.82, 2.24) is 4.90 Å². The Morgan fingerprint density at radius 1 is 1.47 bits per heavy atom. The van der Waals surface area contributed by atoms with Crippen molar-refractivity contribution < 1.29 is 19.4 Å². The summed E-state index contributed by atoms with van der Waals surface area (Å²) in [6.07, 6.45) is -0.777. The fourth-order valence-electron chi connectivity index (χ4n) is 1.75. The van der Waals surface area contributed by atoms with Crippen LogP contribution in [0.2, 0.25) is 0 Å². The van der Waals surface area contributed by atoms with Gasteiger partial charge in [0.15, 0.2) is 0 Å². The highest BCUT2D eigenvalue weighted by atomic mass is 16.6. The van der Waals surface area contributed by atoms with Crippen LogP contribution in [0.1, 0.15) is 5.56 Å². The van der Waals surface area contributed by atoms with Gasteiger partial charge in [0.05, 0.1) is 20.3 Å². The summed E-state index contributed by atoms with van der Waals surface area (Å²) in [6.45, 7) is 0.783. The second kappa shape index (κ2) is 5.05. The first-order chi connectivity index (χ1) is 8.22. The molecular weight excluding hydrogens is 222 g/mol. The van der Waals surface area contributed by atoms with Gasteiger partial charge in [0, 0.05) is 6.54 Å². The molecule has 1 atom stereocenters. The number of aliphatic hydroxyl groups is 1. The molecule has 5 nitrogen and oxygen atoms in total. The van der Waals surface area contributed by atoms with Gasteiger partial charge in [-0.25, -0.2) is 4.79 Å². The molecule has 5 heteroatoms. The lowest BCUT2D eigenvalue weighted by molar-refractivity contribution is 0.0947. The Morgan fingerprint density at radius 2 is 2.18 bits per heavy atom. The molecule has 0 bridgehead atoms. The Morgan fingerprint density at radius 3 is 2.71 bits per heavy atom. The fourth-order valence-corrected chi connectivity index (χ4v) is 1.75. The molecule has 2 rings (SSSR count). The maximum atomic E-state index is 11.4. The van der Waals surface area contributed by atoms with E-state index in [1.165, 1.54) is 0 Å². The predicted octanol–water partition coefficient (Wildman–Crippen LogP) is 1.01. The first kappa shape index (κ1) is 11.7. The zero-order chi connectivity index (χ0) is 12.3. The van der Waals surface area contributed by atoms with E-state index in [0.29, 0.717) is 13.1 Å². The first-order valence-electron chi connectivity index (χ1n) is 5.42. The average molecular weight is 237 g/mol. The van der Waals surface area contributed by atoms with E-state index < -0.39 is 6.10 Å². The van der Waals surface area contributed by atoms with Crippen LogP contribution in [-0.4, -0.2) is 42.5 Å². The van der Waals surface area contributed by atoms with Crippen molar-refractivity contribution in [1.29, 1.82) is 0 Å². The molecule has 1 aliphatic heterocycles. The van der Waals surface area contributed by atoms with Crippen molar-refractivity contribution in [2.24, 2.45) is 0 Å². The number of aliphatic hydroxyl groups excluding tert-OH is 1. The minimum absolute atomic E-state index is 0.134. The second-order valence-corrected chi connectivity index (χ2v) is 3.92. The Hall–Kier alpha value is -1.75.